The molecule has 0 radical (unpaired) electrons. The lowest BCUT2D eigenvalue weighted by atomic mass is 10.0. The molecule has 5 amide bonds. The van der Waals surface area contributed by atoms with Crippen LogP contribution in [0.3, 0.4) is 0 Å². The van der Waals surface area contributed by atoms with Gasteiger partial charge in [-0.2, -0.15) is 0 Å². The molecule has 2 aliphatic rings. The lowest BCUT2D eigenvalue weighted by Crippen LogP contribution is -2.42. The third kappa shape index (κ3) is 19.0. The third-order valence-corrected chi connectivity index (χ3v) is 14.4. The van der Waals surface area contributed by atoms with E-state index in [4.69, 9.17) is 34.2 Å². The van der Waals surface area contributed by atoms with Crippen LogP contribution in [0.4, 0.5) is 11.6 Å². The van der Waals surface area contributed by atoms with Crippen LogP contribution in [0.25, 0.3) is 0 Å². The van der Waals surface area contributed by atoms with Gasteiger partial charge in [-0.15, -0.1) is 0 Å². The number of likely N-dealkylation sites (tertiary alicyclic amines) is 2. The number of carbonyl (C=O) groups is 6. The first-order chi connectivity index (χ1) is 39.6. The first-order valence-electron chi connectivity index (χ1n) is 26.5. The van der Waals surface area contributed by atoms with E-state index in [9.17, 15) is 28.8 Å². The van der Waals surface area contributed by atoms with Gasteiger partial charge in [-0.3, -0.25) is 50.0 Å². The van der Waals surface area contributed by atoms with Crippen LogP contribution < -0.4 is 32.8 Å². The van der Waals surface area contributed by atoms with Gasteiger partial charge in [-0.25, -0.2) is 20.6 Å². The number of aryl methyl sites for hydroxylation is 4. The molecule has 0 saturated carbocycles. The molecule has 2 aliphatic heterocycles. The lowest BCUT2D eigenvalue weighted by Gasteiger charge is -2.19. The molecule has 2 saturated heterocycles. The summed E-state index contributed by atoms with van der Waals surface area (Å²) in [7, 11) is 8.24. The summed E-state index contributed by atoms with van der Waals surface area (Å²) in [6.45, 7) is 11.6. The van der Waals surface area contributed by atoms with Crippen LogP contribution >= 0.6 is 23.2 Å². The van der Waals surface area contributed by atoms with Crippen LogP contribution in [0.5, 0.6) is 0 Å². The first kappa shape index (κ1) is 63.7. The minimum Gasteiger partial charge on any atom is -0.478 e. The van der Waals surface area contributed by atoms with Crippen molar-refractivity contribution in [3.05, 3.63) is 186 Å². The summed E-state index contributed by atoms with van der Waals surface area (Å²) in [5, 5.41) is 15.5. The standard InChI is InChI=1S/C31H33ClN6O3.C23H26N4O3.C8H9ClN2O/c1-20-8-11-24(30(40)35-36-31(41)29-21(2)6-5-7-26(29)32)16-23(20)12-9-22-10-13-27(33-17-22)34-28(39)19-38-15-14-25(18-38)37(3)4;1-16-4-7-19(23(29)30)12-18(16)8-5-17-6-9-21(24-13-17)25-22(28)15-27-11-10-20(14-27)26(2)3;1-5-3-2-4-6(9)7(5)8(12)11-10/h5-8,10-11,13,16-17,25H,14-15,18-19H2,1-4H3,(H,35,40)(H,36,41)(H,33,34,39);4,6-7,9,12-13,20H,10-11,14-15H2,1-3H3,(H,29,30)(H,24,25,28);2-4H,10H2,1H3,(H,11,12). The average Bonchev–Trinajstić information content (AvgIpc) is 4.17. The molecule has 2 fully saturated rings. The summed E-state index contributed by atoms with van der Waals surface area (Å²) in [4.78, 5) is 89.5. The molecule has 83 heavy (non-hydrogen) atoms. The van der Waals surface area contributed by atoms with Gasteiger partial charge >= 0.3 is 5.97 Å². The van der Waals surface area contributed by atoms with Crippen molar-refractivity contribution in [2.24, 2.45) is 5.84 Å². The number of carboxylic acids is 1. The minimum absolute atomic E-state index is 0.0816. The Morgan fingerprint density at radius 3 is 1.41 bits per heavy atom. The van der Waals surface area contributed by atoms with Crippen molar-refractivity contribution in [1.29, 1.82) is 0 Å². The Labute approximate surface area is 494 Å². The van der Waals surface area contributed by atoms with Gasteiger partial charge in [0.15, 0.2) is 0 Å². The molecule has 0 bridgehead atoms. The van der Waals surface area contributed by atoms with Crippen molar-refractivity contribution >= 4 is 70.3 Å². The molecule has 2 aromatic heterocycles. The second kappa shape index (κ2) is 30.5. The fraction of sp³-hybridized carbons (Fsp3) is 0.290. The summed E-state index contributed by atoms with van der Waals surface area (Å²) in [5.41, 5.74) is 14.1. The van der Waals surface area contributed by atoms with Gasteiger partial charge in [0, 0.05) is 78.5 Å². The molecule has 8 rings (SSSR count). The molecular formula is C62H68Cl2N12O7. The zero-order valence-electron chi connectivity index (χ0n) is 47.6. The molecule has 2 unspecified atom stereocenters. The number of rotatable bonds is 12. The van der Waals surface area contributed by atoms with Crippen LogP contribution in [0.2, 0.25) is 10.0 Å². The number of amides is 5. The quantitative estimate of drug-likeness (QED) is 0.0291. The van der Waals surface area contributed by atoms with Crippen LogP contribution in [-0.4, -0.2) is 150 Å². The Morgan fingerprint density at radius 2 is 1.01 bits per heavy atom. The highest BCUT2D eigenvalue weighted by molar-refractivity contribution is 6.34. The maximum Gasteiger partial charge on any atom is 0.335 e. The predicted molar refractivity (Wildman–Crippen MR) is 323 cm³/mol. The number of likely N-dealkylation sites (N-methyl/N-ethyl adjacent to an activating group) is 2. The van der Waals surface area contributed by atoms with Gasteiger partial charge in [0.1, 0.15) is 11.6 Å². The number of nitrogens with one attached hydrogen (secondary N) is 5. The van der Waals surface area contributed by atoms with Crippen molar-refractivity contribution in [1.82, 2.24) is 45.8 Å². The summed E-state index contributed by atoms with van der Waals surface area (Å²) >= 11 is 11.9. The summed E-state index contributed by atoms with van der Waals surface area (Å²) in [6, 6.07) is 28.3. The number of nitrogens with two attached hydrogens (primary N) is 1. The number of aromatic carboxylic acids is 1. The Bertz CT molecular complexity index is 3420. The smallest absolute Gasteiger partial charge is 0.335 e. The van der Waals surface area contributed by atoms with Crippen LogP contribution in [0, 0.1) is 51.4 Å². The van der Waals surface area contributed by atoms with Crippen molar-refractivity contribution in [2.45, 2.75) is 52.6 Å². The van der Waals surface area contributed by atoms with E-state index in [0.717, 1.165) is 55.7 Å². The third-order valence-electron chi connectivity index (χ3n) is 13.7. The molecule has 2 atom stereocenters. The van der Waals surface area contributed by atoms with E-state index >= 15 is 0 Å². The van der Waals surface area contributed by atoms with E-state index in [1.165, 1.54) is 0 Å². The fourth-order valence-corrected chi connectivity index (χ4v) is 9.45. The van der Waals surface area contributed by atoms with Gasteiger partial charge in [-0.1, -0.05) is 83.3 Å². The molecule has 19 nitrogen and oxygen atoms in total. The Morgan fingerprint density at radius 1 is 0.578 bits per heavy atom. The van der Waals surface area contributed by atoms with Gasteiger partial charge in [-0.05, 0) is 152 Å². The number of anilines is 2. The van der Waals surface area contributed by atoms with Crippen LogP contribution in [0.15, 0.2) is 109 Å². The number of nitrogen functional groups attached to an aromatic ring is 1. The van der Waals surface area contributed by atoms with Crippen molar-refractivity contribution in [3.8, 4) is 23.7 Å². The number of carboxylic acid groups (broad SMARTS) is 1. The fourth-order valence-electron chi connectivity index (χ4n) is 8.84. The number of hydrogen-bond acceptors (Lipinski definition) is 13. The maximum atomic E-state index is 12.7. The largest absolute Gasteiger partial charge is 0.478 e. The molecule has 4 heterocycles. The zero-order chi connectivity index (χ0) is 60.3. The SMILES string of the molecule is Cc1ccc(C(=O)NNC(=O)c2c(C)cccc2Cl)cc1C#Cc1ccc(NC(=O)CN2CCC(N(C)C)C2)nc1.Cc1ccc(C(=O)O)cc1C#Cc1ccc(NC(=O)CN2CCC(N(C)C)C2)nc1.Cc1cccc(Cl)c1C(=O)NN. The minimum atomic E-state index is -0.981. The van der Waals surface area contributed by atoms with E-state index < -0.39 is 17.8 Å². The van der Waals surface area contributed by atoms with Crippen molar-refractivity contribution in [2.75, 3.05) is 78.1 Å². The van der Waals surface area contributed by atoms with E-state index in [2.05, 4.69) is 103 Å². The number of carbonyl (C=O) groups excluding carboxylic acids is 5. The molecule has 432 valence electrons. The maximum absolute atomic E-state index is 12.7. The van der Waals surface area contributed by atoms with E-state index in [1.807, 2.05) is 19.3 Å². The normalized spacial score (nSPS) is 14.5. The summed E-state index contributed by atoms with van der Waals surface area (Å²) in [5.74, 6) is 15.5. The van der Waals surface area contributed by atoms with Crippen LogP contribution in [-0.2, 0) is 9.59 Å². The average molecular weight is 1160 g/mol. The molecule has 0 aliphatic carbocycles. The lowest BCUT2D eigenvalue weighted by molar-refractivity contribution is -0.118. The second-order valence-electron chi connectivity index (χ2n) is 20.4. The summed E-state index contributed by atoms with van der Waals surface area (Å²) < 4.78 is 0. The van der Waals surface area contributed by atoms with Gasteiger partial charge < -0.3 is 25.5 Å². The number of pyridine rings is 2. The number of aromatic nitrogens is 2. The highest BCUT2D eigenvalue weighted by Gasteiger charge is 2.27. The molecule has 4 aromatic carbocycles. The monoisotopic (exact) mass is 1160 g/mol. The molecular weight excluding hydrogens is 1100 g/mol. The predicted octanol–water partition coefficient (Wildman–Crippen LogP) is 6.72. The van der Waals surface area contributed by atoms with Crippen LogP contribution in [0.1, 0.15) is 98.8 Å². The Hall–Kier alpha value is -8.50. The molecule has 21 heteroatoms. The number of halogens is 2. The van der Waals surface area contributed by atoms with E-state index in [0.29, 0.717) is 91.4 Å². The number of hydrazine groups is 2. The van der Waals surface area contributed by atoms with Gasteiger partial charge in [0.25, 0.3) is 17.7 Å². The Kier molecular flexibility index (Phi) is 23.4. The Balaban J connectivity index is 0.000000229. The molecule has 6 aromatic rings. The molecule has 8 N–H and O–H groups in total. The van der Waals surface area contributed by atoms with Gasteiger partial charge in [0.05, 0.1) is 39.8 Å². The molecule has 0 spiro atoms. The summed E-state index contributed by atoms with van der Waals surface area (Å²) in [6.07, 6.45) is 5.31. The second-order valence-corrected chi connectivity index (χ2v) is 21.2. The number of benzene rings is 4. The topological polar surface area (TPSA) is 248 Å². The number of nitrogens with zero attached hydrogens (tertiary/aromatic N) is 6. The van der Waals surface area contributed by atoms with Crippen molar-refractivity contribution in [3.63, 3.8) is 0 Å². The highest BCUT2D eigenvalue weighted by atomic mass is 35.5. The van der Waals surface area contributed by atoms with Crippen molar-refractivity contribution < 1.29 is 33.9 Å². The number of hydrogen-bond donors (Lipinski definition) is 7. The van der Waals surface area contributed by atoms with E-state index in [-0.39, 0.29) is 23.3 Å². The highest BCUT2D eigenvalue weighted by Crippen LogP contribution is 2.21. The zero-order valence-corrected chi connectivity index (χ0v) is 49.1. The first-order valence-corrected chi connectivity index (χ1v) is 27.2. The van der Waals surface area contributed by atoms with E-state index in [1.54, 1.807) is 123 Å². The van der Waals surface area contributed by atoms with Gasteiger partial charge in [0.2, 0.25) is 11.8 Å².